The number of piperazine rings is 1. The van der Waals surface area contributed by atoms with Gasteiger partial charge < -0.3 is 15.1 Å². The number of carbonyl (C=O) groups excluding carboxylic acids is 1. The van der Waals surface area contributed by atoms with Gasteiger partial charge in [0.25, 0.3) is 0 Å². The second kappa shape index (κ2) is 9.40. The number of nitrogens with zero attached hydrogens (tertiary/aromatic N) is 5. The minimum absolute atomic E-state index is 0.0130. The maximum absolute atomic E-state index is 14.1. The number of hydrogen-bond acceptors (Lipinski definition) is 6. The highest BCUT2D eigenvalue weighted by atomic mass is 19.1. The molecule has 0 unspecified atom stereocenters. The topological polar surface area (TPSA) is 64.6 Å². The maximum Gasteiger partial charge on any atom is 0.219 e. The van der Waals surface area contributed by atoms with Gasteiger partial charge in [-0.15, -0.1) is 0 Å². The molecule has 2 aromatic rings. The first-order chi connectivity index (χ1) is 16.4. The van der Waals surface area contributed by atoms with Gasteiger partial charge in [-0.25, -0.2) is 23.1 Å². The second-order valence-electron chi connectivity index (χ2n) is 9.39. The third-order valence-corrected chi connectivity index (χ3v) is 6.94. The summed E-state index contributed by atoms with van der Waals surface area (Å²) in [4.78, 5) is 27.7. The summed E-state index contributed by atoms with van der Waals surface area (Å²) in [6.45, 7) is 5.78. The van der Waals surface area contributed by atoms with Crippen molar-refractivity contribution in [3.8, 4) is 0 Å². The molecule has 0 bridgehead atoms. The minimum atomic E-state index is -0.782. The fraction of sp³-hybridized carbons (Fsp3) is 0.542. The molecule has 0 atom stereocenters. The van der Waals surface area contributed by atoms with Gasteiger partial charge in [0.1, 0.15) is 17.8 Å². The lowest BCUT2D eigenvalue weighted by Gasteiger charge is -2.38. The summed E-state index contributed by atoms with van der Waals surface area (Å²) in [5.74, 6) is 0.304. The predicted octanol–water partition coefficient (Wildman–Crippen LogP) is 2.89. The molecule has 34 heavy (non-hydrogen) atoms. The van der Waals surface area contributed by atoms with Crippen molar-refractivity contribution in [1.29, 1.82) is 0 Å². The number of benzene rings is 1. The zero-order chi connectivity index (χ0) is 23.8. The average Bonchev–Trinajstić information content (AvgIpc) is 2.79. The van der Waals surface area contributed by atoms with Crippen molar-refractivity contribution < 1.29 is 18.0 Å². The lowest BCUT2D eigenvalue weighted by atomic mass is 9.91. The van der Waals surface area contributed by atoms with Crippen molar-refractivity contribution in [2.75, 3.05) is 42.9 Å². The van der Waals surface area contributed by atoms with Gasteiger partial charge in [0.15, 0.2) is 11.6 Å². The molecule has 2 aliphatic heterocycles. The number of hydrogen-bond donors (Lipinski definition) is 1. The number of anilines is 2. The van der Waals surface area contributed by atoms with Crippen molar-refractivity contribution in [2.24, 2.45) is 0 Å². The number of nitrogens with one attached hydrogen (secondary N) is 1. The Morgan fingerprint density at radius 2 is 1.85 bits per heavy atom. The number of alkyl halides is 1. The van der Waals surface area contributed by atoms with Crippen LogP contribution in [0.2, 0.25) is 0 Å². The SMILES string of the molecule is CC(=O)N1CCc2nc(N3CCN(Cc4ccc(F)cc4F)CC3)c(NC3CC(F)C3)nc2C1. The zero-order valence-corrected chi connectivity index (χ0v) is 19.2. The largest absolute Gasteiger partial charge is 0.364 e. The molecule has 1 saturated heterocycles. The molecule has 7 nitrogen and oxygen atoms in total. The van der Waals surface area contributed by atoms with E-state index in [1.165, 1.54) is 12.1 Å². The molecule has 3 heterocycles. The van der Waals surface area contributed by atoms with E-state index < -0.39 is 17.8 Å². The third-order valence-electron chi connectivity index (χ3n) is 6.94. The molecule has 10 heteroatoms. The van der Waals surface area contributed by atoms with Crippen LogP contribution in [0.25, 0.3) is 0 Å². The van der Waals surface area contributed by atoms with Crippen LogP contribution in [0.5, 0.6) is 0 Å². The predicted molar refractivity (Wildman–Crippen MR) is 122 cm³/mol. The molecule has 1 aromatic carbocycles. The molecular weight excluding hydrogens is 445 g/mol. The fourth-order valence-electron chi connectivity index (χ4n) is 4.78. The lowest BCUT2D eigenvalue weighted by Crippen LogP contribution is -2.47. The highest BCUT2D eigenvalue weighted by Gasteiger charge is 2.32. The van der Waals surface area contributed by atoms with E-state index in [9.17, 15) is 18.0 Å². The number of halogens is 3. The van der Waals surface area contributed by atoms with E-state index in [2.05, 4.69) is 15.1 Å². The van der Waals surface area contributed by atoms with Crippen molar-refractivity contribution in [3.05, 3.63) is 46.8 Å². The summed E-state index contributed by atoms with van der Waals surface area (Å²) in [7, 11) is 0. The normalized spacial score (nSPS) is 22.8. The molecule has 5 rings (SSSR count). The quantitative estimate of drug-likeness (QED) is 0.719. The number of amides is 1. The maximum atomic E-state index is 14.1. The molecule has 1 amide bonds. The van der Waals surface area contributed by atoms with Crippen LogP contribution < -0.4 is 10.2 Å². The number of fused-ring (bicyclic) bond motifs is 1. The third kappa shape index (κ3) is 4.82. The van der Waals surface area contributed by atoms with Crippen molar-refractivity contribution >= 4 is 17.5 Å². The first-order valence-corrected chi connectivity index (χ1v) is 11.8. The van der Waals surface area contributed by atoms with E-state index in [0.717, 1.165) is 23.3 Å². The van der Waals surface area contributed by atoms with Crippen LogP contribution in [0.15, 0.2) is 18.2 Å². The highest BCUT2D eigenvalue weighted by molar-refractivity contribution is 5.73. The summed E-state index contributed by atoms with van der Waals surface area (Å²) in [5, 5.41) is 3.38. The Bertz CT molecular complexity index is 1070. The molecule has 1 aliphatic carbocycles. The molecule has 2 fully saturated rings. The number of rotatable bonds is 5. The number of carbonyl (C=O) groups is 1. The summed E-state index contributed by atoms with van der Waals surface area (Å²) in [5.41, 5.74) is 2.16. The Hall–Kier alpha value is -2.88. The Morgan fingerprint density at radius 1 is 1.09 bits per heavy atom. The fourth-order valence-corrected chi connectivity index (χ4v) is 4.78. The van der Waals surface area contributed by atoms with Gasteiger partial charge in [-0.2, -0.15) is 0 Å². The smallest absolute Gasteiger partial charge is 0.219 e. The Morgan fingerprint density at radius 3 is 2.53 bits per heavy atom. The van der Waals surface area contributed by atoms with Crippen LogP contribution >= 0.6 is 0 Å². The van der Waals surface area contributed by atoms with Gasteiger partial charge in [0.05, 0.1) is 17.9 Å². The van der Waals surface area contributed by atoms with E-state index in [4.69, 9.17) is 9.97 Å². The molecule has 1 saturated carbocycles. The molecule has 1 aromatic heterocycles. The van der Waals surface area contributed by atoms with Crippen LogP contribution in [0.1, 0.15) is 36.7 Å². The van der Waals surface area contributed by atoms with Crippen LogP contribution in [0, 0.1) is 11.6 Å². The van der Waals surface area contributed by atoms with E-state index in [1.807, 2.05) is 0 Å². The lowest BCUT2D eigenvalue weighted by molar-refractivity contribution is -0.129. The molecular formula is C24H29F3N6O. The summed E-state index contributed by atoms with van der Waals surface area (Å²) >= 11 is 0. The van der Waals surface area contributed by atoms with Crippen LogP contribution in [-0.2, 0) is 24.3 Å². The van der Waals surface area contributed by atoms with Gasteiger partial charge in [-0.05, 0) is 18.9 Å². The van der Waals surface area contributed by atoms with Gasteiger partial charge >= 0.3 is 0 Å². The summed E-state index contributed by atoms with van der Waals surface area (Å²) in [6.07, 6.45) is 0.772. The molecule has 3 aliphatic rings. The van der Waals surface area contributed by atoms with E-state index in [1.54, 1.807) is 11.8 Å². The Balaban J connectivity index is 1.31. The first kappa shape index (κ1) is 22.9. The average molecular weight is 475 g/mol. The van der Waals surface area contributed by atoms with E-state index >= 15 is 0 Å². The van der Waals surface area contributed by atoms with Gasteiger partial charge in [-0.3, -0.25) is 9.69 Å². The van der Waals surface area contributed by atoms with Gasteiger partial charge in [0, 0.05) is 70.3 Å². The highest BCUT2D eigenvalue weighted by Crippen LogP contribution is 2.32. The Kier molecular flexibility index (Phi) is 6.33. The minimum Gasteiger partial charge on any atom is -0.364 e. The monoisotopic (exact) mass is 474 g/mol. The first-order valence-electron chi connectivity index (χ1n) is 11.8. The van der Waals surface area contributed by atoms with Crippen molar-refractivity contribution in [3.63, 3.8) is 0 Å². The van der Waals surface area contributed by atoms with Gasteiger partial charge in [0.2, 0.25) is 5.91 Å². The van der Waals surface area contributed by atoms with Crippen molar-refractivity contribution in [1.82, 2.24) is 19.8 Å². The van der Waals surface area contributed by atoms with E-state index in [0.29, 0.717) is 76.5 Å². The molecule has 0 spiro atoms. The van der Waals surface area contributed by atoms with Crippen LogP contribution in [0.3, 0.4) is 0 Å². The molecule has 1 N–H and O–H groups in total. The molecule has 0 radical (unpaired) electrons. The Labute approximate surface area is 197 Å². The zero-order valence-electron chi connectivity index (χ0n) is 19.2. The standard InChI is InChI=1S/C24H29F3N6O/c1-15(34)33-5-4-21-22(14-33)29-23(28-19-10-18(26)11-19)24(30-21)32-8-6-31(7-9-32)13-16-2-3-17(25)12-20(16)27/h2-3,12,18-19H,4-11,13-14H2,1H3,(H,28,29). The van der Waals surface area contributed by atoms with Crippen LogP contribution in [-0.4, -0.2) is 70.6 Å². The van der Waals surface area contributed by atoms with Crippen molar-refractivity contribution in [2.45, 2.75) is 51.5 Å². The van der Waals surface area contributed by atoms with E-state index in [-0.39, 0.29) is 11.9 Å². The van der Waals surface area contributed by atoms with Crippen LogP contribution in [0.4, 0.5) is 24.8 Å². The second-order valence-corrected chi connectivity index (χ2v) is 9.39. The molecule has 182 valence electrons. The van der Waals surface area contributed by atoms with Gasteiger partial charge in [-0.1, -0.05) is 6.07 Å². The number of aromatic nitrogens is 2. The summed E-state index contributed by atoms with van der Waals surface area (Å²) < 4.78 is 40.7. The summed E-state index contributed by atoms with van der Waals surface area (Å²) in [6, 6.07) is 3.72.